The molecule has 0 aromatic heterocycles. The van der Waals surface area contributed by atoms with Crippen molar-refractivity contribution in [2.45, 2.75) is 163 Å². The molecule has 0 unspecified atom stereocenters. The minimum absolute atomic E-state index is 0.00611. The topological polar surface area (TPSA) is 253 Å². The molecule has 3 aliphatic carbocycles. The lowest BCUT2D eigenvalue weighted by Crippen LogP contribution is -2.70. The standard InChI is InChI=1S/C51H67N3O16/c1-49(2,3)67-37(57)21-20-33(26-55)52-45(61)34(23-28-11-6-5-7-12-28)53(4)48(63)50-24-35-41-42(69-51(68-41,31-16-17-31)32-18-19-32)44(50)70-54(43(50)46(62)65-35)25-30-14-9-8-13-29(30)15-10-22-64-47-40(60)39(59)38(58)36(27-56)66-47/h5-15,31-36,38-44,47,55-56,58-60H,16-27H2,1-4H3,(H,52,61)/t33-,34+,35+,36+,38-,39-,40+,41-,42-,43-,44+,47-,50-/m0/s1. The highest BCUT2D eigenvalue weighted by atomic mass is 16.8. The van der Waals surface area contributed by atoms with Crippen LogP contribution in [0.25, 0.3) is 6.08 Å². The number of nitrogens with one attached hydrogen (secondary N) is 1. The van der Waals surface area contributed by atoms with Gasteiger partial charge in [-0.15, -0.1) is 0 Å². The van der Waals surface area contributed by atoms with E-state index in [9.17, 15) is 39.9 Å². The van der Waals surface area contributed by atoms with Crippen LogP contribution in [-0.2, 0) is 65.4 Å². The normalized spacial score (nSPS) is 33.3. The predicted octanol–water partition coefficient (Wildman–Crippen LogP) is 1.29. The molecule has 2 amide bonds. The molecule has 6 N–H and O–H groups in total. The summed E-state index contributed by atoms with van der Waals surface area (Å²) in [7, 11) is 1.54. The highest BCUT2D eigenvalue weighted by Crippen LogP contribution is 2.64. The lowest BCUT2D eigenvalue weighted by molar-refractivity contribution is -0.298. The molecule has 9 rings (SSSR count). The van der Waals surface area contributed by atoms with Gasteiger partial charge in [0.15, 0.2) is 18.1 Å². The van der Waals surface area contributed by atoms with E-state index in [-0.39, 0.29) is 50.7 Å². The highest BCUT2D eigenvalue weighted by molar-refractivity contribution is 5.96. The first-order valence-electron chi connectivity index (χ1n) is 24.6. The zero-order chi connectivity index (χ0) is 49.7. The Bertz CT molecular complexity index is 2240. The summed E-state index contributed by atoms with van der Waals surface area (Å²) < 4.78 is 36.9. The number of nitrogens with zero attached hydrogens (tertiary/aromatic N) is 2. The first-order valence-corrected chi connectivity index (χ1v) is 24.6. The SMILES string of the molecule is CN(C(=O)[C@@]12C[C@H]3OC(=O)[C@@H]1N(Cc1ccccc1C=CCO[C@H]1O[C@H](CO)[C@H](O)[C@H](O)[C@H]1O)O[C@@H]2[C@H]1OC(C2CC2)(C2CC2)O[C@H]13)[C@H](Cc1ccccc1)C(=O)N[C@H](CO)CCC(=O)OC(C)(C)C. The number of esters is 2. The summed E-state index contributed by atoms with van der Waals surface area (Å²) in [5.41, 5.74) is -0.179. The van der Waals surface area contributed by atoms with E-state index >= 15 is 4.79 Å². The zero-order valence-electron chi connectivity index (χ0n) is 40.0. The molecule has 2 bridgehead atoms. The number of rotatable bonds is 19. The Morgan fingerprint density at radius 2 is 1.63 bits per heavy atom. The number of hydroxylamine groups is 2. The fourth-order valence-electron chi connectivity index (χ4n) is 11.1. The fraction of sp³-hybridized carbons (Fsp3) is 0.647. The van der Waals surface area contributed by atoms with Gasteiger partial charge in [0.1, 0.15) is 65.9 Å². The lowest BCUT2D eigenvalue weighted by atomic mass is 9.62. The summed E-state index contributed by atoms with van der Waals surface area (Å²) in [4.78, 5) is 66.2. The molecule has 2 aromatic rings. The van der Waals surface area contributed by atoms with Crippen molar-refractivity contribution in [3.8, 4) is 0 Å². The summed E-state index contributed by atoms with van der Waals surface area (Å²) in [5.74, 6) is -2.83. The van der Waals surface area contributed by atoms with Crippen molar-refractivity contribution in [1.82, 2.24) is 15.3 Å². The maximum Gasteiger partial charge on any atom is 0.327 e. The van der Waals surface area contributed by atoms with Gasteiger partial charge >= 0.3 is 11.9 Å². The maximum atomic E-state index is 15.9. The average molecular weight is 978 g/mol. The second-order valence-electron chi connectivity index (χ2n) is 20.9. The summed E-state index contributed by atoms with van der Waals surface area (Å²) in [6.07, 6.45) is -3.27. The summed E-state index contributed by atoms with van der Waals surface area (Å²) in [6, 6.07) is 13.3. The van der Waals surface area contributed by atoms with Gasteiger partial charge in [-0.2, -0.15) is 5.06 Å². The molecule has 4 saturated heterocycles. The monoisotopic (exact) mass is 977 g/mol. The molecule has 0 spiro atoms. The van der Waals surface area contributed by atoms with Crippen molar-refractivity contribution < 1.29 is 78.0 Å². The summed E-state index contributed by atoms with van der Waals surface area (Å²) in [6.45, 7) is 4.11. The molecule has 3 saturated carbocycles. The van der Waals surface area contributed by atoms with E-state index in [1.165, 1.54) is 9.96 Å². The Morgan fingerprint density at radius 1 is 0.943 bits per heavy atom. The molecule has 2 aromatic carbocycles. The molecule has 7 aliphatic rings. The van der Waals surface area contributed by atoms with Crippen LogP contribution in [-0.4, -0.2) is 171 Å². The molecule has 382 valence electrons. The number of fused-ring (bicyclic) bond motifs is 4. The van der Waals surface area contributed by atoms with E-state index in [0.717, 1.165) is 31.2 Å². The van der Waals surface area contributed by atoms with Crippen molar-refractivity contribution >= 4 is 29.8 Å². The number of carbonyl (C=O) groups is 4. The smallest absolute Gasteiger partial charge is 0.327 e. The Balaban J connectivity index is 1.01. The Morgan fingerprint density at radius 3 is 2.30 bits per heavy atom. The largest absolute Gasteiger partial charge is 0.460 e. The van der Waals surface area contributed by atoms with E-state index in [4.69, 9.17) is 33.3 Å². The summed E-state index contributed by atoms with van der Waals surface area (Å²) in [5, 5.41) is 55.3. The van der Waals surface area contributed by atoms with E-state index in [2.05, 4.69) is 5.32 Å². The first-order chi connectivity index (χ1) is 33.5. The minimum atomic E-state index is -1.62. The van der Waals surface area contributed by atoms with Gasteiger partial charge in [0.2, 0.25) is 11.8 Å². The number of ether oxygens (including phenoxy) is 6. The third kappa shape index (κ3) is 9.92. The number of hydrogen-bond donors (Lipinski definition) is 6. The van der Waals surface area contributed by atoms with Gasteiger partial charge in [-0.3, -0.25) is 24.0 Å². The van der Waals surface area contributed by atoms with Crippen LogP contribution < -0.4 is 5.32 Å². The Kier molecular flexibility index (Phi) is 14.6. The number of hydrogen-bond acceptors (Lipinski definition) is 17. The van der Waals surface area contributed by atoms with E-state index in [1.807, 2.05) is 54.6 Å². The summed E-state index contributed by atoms with van der Waals surface area (Å²) >= 11 is 0. The van der Waals surface area contributed by atoms with Gasteiger partial charge in [0.05, 0.1) is 32.4 Å². The number of benzene rings is 2. The number of likely N-dealkylation sites (N-methyl/N-ethyl adjacent to an activating group) is 1. The van der Waals surface area contributed by atoms with Crippen LogP contribution in [0.15, 0.2) is 60.7 Å². The Labute approximate surface area is 406 Å². The van der Waals surface area contributed by atoms with Crippen molar-refractivity contribution in [3.63, 3.8) is 0 Å². The fourth-order valence-corrected chi connectivity index (χ4v) is 11.1. The number of aliphatic hydroxyl groups excluding tert-OH is 5. The van der Waals surface area contributed by atoms with Gasteiger partial charge < -0.3 is 64.2 Å². The van der Waals surface area contributed by atoms with E-state index < -0.39 is 127 Å². The van der Waals surface area contributed by atoms with Crippen molar-refractivity contribution in [1.29, 1.82) is 0 Å². The van der Waals surface area contributed by atoms with Gasteiger partial charge in [-0.05, 0) is 69.6 Å². The quantitative estimate of drug-likeness (QED) is 0.109. The van der Waals surface area contributed by atoms with Crippen LogP contribution in [0.4, 0.5) is 0 Å². The second-order valence-corrected chi connectivity index (χ2v) is 20.9. The van der Waals surface area contributed by atoms with Crippen LogP contribution in [0.2, 0.25) is 0 Å². The van der Waals surface area contributed by atoms with Crippen molar-refractivity contribution in [2.75, 3.05) is 26.9 Å². The zero-order valence-corrected chi connectivity index (χ0v) is 40.0. The number of aliphatic hydroxyl groups is 5. The molecular weight excluding hydrogens is 911 g/mol. The van der Waals surface area contributed by atoms with E-state index in [1.54, 1.807) is 40.0 Å². The molecule has 7 fully saturated rings. The van der Waals surface area contributed by atoms with Crippen LogP contribution in [0, 0.1) is 17.3 Å². The van der Waals surface area contributed by atoms with Crippen LogP contribution in [0.5, 0.6) is 0 Å². The highest BCUT2D eigenvalue weighted by Gasteiger charge is 2.78. The lowest BCUT2D eigenvalue weighted by Gasteiger charge is -2.50. The number of carbonyl (C=O) groups excluding carboxylic acids is 4. The van der Waals surface area contributed by atoms with Crippen LogP contribution >= 0.6 is 0 Å². The molecule has 0 radical (unpaired) electrons. The molecular formula is C51H67N3O16. The molecule has 13 atom stereocenters. The second kappa shape index (κ2) is 20.3. The minimum Gasteiger partial charge on any atom is -0.460 e. The van der Waals surface area contributed by atoms with Gasteiger partial charge in [-0.25, -0.2) is 0 Å². The Hall–Kier alpha value is -4.38. The van der Waals surface area contributed by atoms with Crippen LogP contribution in [0.1, 0.15) is 82.4 Å². The molecule has 4 aliphatic heterocycles. The van der Waals surface area contributed by atoms with Crippen LogP contribution in [0.3, 0.4) is 0 Å². The molecule has 19 heteroatoms. The maximum absolute atomic E-state index is 15.9. The first kappa shape index (κ1) is 50.6. The van der Waals surface area contributed by atoms with Gasteiger partial charge in [-0.1, -0.05) is 66.7 Å². The molecule has 70 heavy (non-hydrogen) atoms. The molecule has 19 nitrogen and oxygen atoms in total. The van der Waals surface area contributed by atoms with E-state index in [0.29, 0.717) is 11.1 Å². The van der Waals surface area contributed by atoms with Crippen molar-refractivity contribution in [3.05, 3.63) is 77.4 Å². The van der Waals surface area contributed by atoms with Crippen molar-refractivity contribution in [2.24, 2.45) is 17.3 Å². The molecule has 4 heterocycles. The third-order valence-corrected chi connectivity index (χ3v) is 14.8. The average Bonchev–Trinajstić information content (AvgIpc) is 4.29. The third-order valence-electron chi connectivity index (χ3n) is 14.8. The predicted molar refractivity (Wildman–Crippen MR) is 245 cm³/mol. The number of amides is 2. The van der Waals surface area contributed by atoms with Gasteiger partial charge in [0.25, 0.3) is 0 Å². The van der Waals surface area contributed by atoms with Gasteiger partial charge in [0, 0.05) is 38.1 Å².